The van der Waals surface area contributed by atoms with E-state index in [1.54, 1.807) is 6.26 Å². The molecule has 1 atom stereocenters. The number of urea groups is 1. The van der Waals surface area contributed by atoms with Crippen LogP contribution in [0.1, 0.15) is 31.2 Å². The molecule has 0 aliphatic heterocycles. The molecule has 2 rings (SSSR count). The van der Waals surface area contributed by atoms with Crippen LogP contribution in [0.3, 0.4) is 0 Å². The molecule has 0 fully saturated rings. The smallest absolute Gasteiger partial charge is 0.315 e. The molecule has 4 nitrogen and oxygen atoms in total. The summed E-state index contributed by atoms with van der Waals surface area (Å²) in [4.78, 5) is 12.0. The van der Waals surface area contributed by atoms with Crippen molar-refractivity contribution in [2.45, 2.75) is 26.3 Å². The van der Waals surface area contributed by atoms with Crippen molar-refractivity contribution in [3.8, 4) is 0 Å². The number of carbonyl (C=O) groups is 1. The van der Waals surface area contributed by atoms with E-state index in [1.165, 1.54) is 0 Å². The number of nitrogens with one attached hydrogen (secondary N) is 2. The molecule has 2 amide bonds. The average molecular weight is 321 g/mol. The number of rotatable bonds is 6. The molecule has 0 radical (unpaired) electrons. The van der Waals surface area contributed by atoms with Crippen LogP contribution in [0.25, 0.3) is 0 Å². The molecule has 2 aromatic rings. The van der Waals surface area contributed by atoms with Gasteiger partial charge in [0, 0.05) is 18.0 Å². The highest BCUT2D eigenvalue weighted by Crippen LogP contribution is 2.23. The van der Waals surface area contributed by atoms with E-state index in [-0.39, 0.29) is 18.0 Å². The van der Waals surface area contributed by atoms with Gasteiger partial charge >= 0.3 is 6.03 Å². The third kappa shape index (κ3) is 4.81. The van der Waals surface area contributed by atoms with Crippen LogP contribution in [0.4, 0.5) is 4.79 Å². The highest BCUT2D eigenvalue weighted by molar-refractivity contribution is 6.30. The van der Waals surface area contributed by atoms with Crippen molar-refractivity contribution in [2.75, 3.05) is 6.54 Å². The lowest BCUT2D eigenvalue weighted by Gasteiger charge is -2.23. The number of hydrogen-bond acceptors (Lipinski definition) is 2. The molecule has 0 spiro atoms. The van der Waals surface area contributed by atoms with Crippen molar-refractivity contribution in [3.05, 3.63) is 59.0 Å². The second-order valence-electron chi connectivity index (χ2n) is 5.50. The van der Waals surface area contributed by atoms with E-state index in [0.29, 0.717) is 18.0 Å². The van der Waals surface area contributed by atoms with Gasteiger partial charge in [-0.3, -0.25) is 0 Å². The van der Waals surface area contributed by atoms with Crippen LogP contribution in [0.5, 0.6) is 0 Å². The van der Waals surface area contributed by atoms with Crippen molar-refractivity contribution in [3.63, 3.8) is 0 Å². The van der Waals surface area contributed by atoms with E-state index < -0.39 is 0 Å². The number of amides is 2. The summed E-state index contributed by atoms with van der Waals surface area (Å²) in [6.45, 7) is 4.68. The molecule has 1 aromatic heterocycles. The molecule has 0 aliphatic carbocycles. The van der Waals surface area contributed by atoms with Crippen LogP contribution in [-0.4, -0.2) is 12.6 Å². The van der Waals surface area contributed by atoms with E-state index in [0.717, 1.165) is 11.3 Å². The first-order valence-corrected chi connectivity index (χ1v) is 7.76. The molecule has 1 aromatic carbocycles. The number of furan rings is 1. The Morgan fingerprint density at radius 3 is 2.55 bits per heavy atom. The summed E-state index contributed by atoms with van der Waals surface area (Å²) in [5.41, 5.74) is 1.04. The van der Waals surface area contributed by atoms with Crippen LogP contribution in [0.2, 0.25) is 5.02 Å². The number of halogens is 1. The summed E-state index contributed by atoms with van der Waals surface area (Å²) < 4.78 is 5.23. The molecule has 118 valence electrons. The molecule has 0 saturated carbocycles. The van der Waals surface area contributed by atoms with Crippen molar-refractivity contribution < 1.29 is 9.21 Å². The van der Waals surface area contributed by atoms with Gasteiger partial charge in [-0.25, -0.2) is 4.79 Å². The van der Waals surface area contributed by atoms with Crippen molar-refractivity contribution >= 4 is 17.6 Å². The second kappa shape index (κ2) is 7.90. The predicted octanol–water partition coefficient (Wildman–Crippen LogP) is 4.17. The SMILES string of the molecule is CC(C)[C@@H](NC(=O)NCCc1ccco1)c1ccc(Cl)cc1. The van der Waals surface area contributed by atoms with E-state index >= 15 is 0 Å². The fraction of sp³-hybridized carbons (Fsp3) is 0.353. The lowest BCUT2D eigenvalue weighted by Crippen LogP contribution is -2.40. The normalized spacial score (nSPS) is 12.2. The first-order valence-electron chi connectivity index (χ1n) is 7.38. The Bertz CT molecular complexity index is 579. The Morgan fingerprint density at radius 1 is 1.23 bits per heavy atom. The second-order valence-corrected chi connectivity index (χ2v) is 5.94. The Kier molecular flexibility index (Phi) is 5.90. The van der Waals surface area contributed by atoms with E-state index in [1.807, 2.05) is 36.4 Å². The highest BCUT2D eigenvalue weighted by atomic mass is 35.5. The Morgan fingerprint density at radius 2 is 1.95 bits per heavy atom. The molecule has 0 aliphatic rings. The quantitative estimate of drug-likeness (QED) is 0.839. The Labute approximate surface area is 135 Å². The third-order valence-corrected chi connectivity index (χ3v) is 3.67. The summed E-state index contributed by atoms with van der Waals surface area (Å²) >= 11 is 5.91. The standard InChI is InChI=1S/C17H21ClN2O2/c1-12(2)16(13-5-7-14(18)8-6-13)20-17(21)19-10-9-15-4-3-11-22-15/h3-8,11-12,16H,9-10H2,1-2H3,(H2,19,20,21)/t16-/m1/s1. The van der Waals surface area contributed by atoms with Gasteiger partial charge in [0.15, 0.2) is 0 Å². The lowest BCUT2D eigenvalue weighted by molar-refractivity contribution is 0.233. The van der Waals surface area contributed by atoms with Gasteiger partial charge in [0.05, 0.1) is 12.3 Å². The monoisotopic (exact) mass is 320 g/mol. The summed E-state index contributed by atoms with van der Waals surface area (Å²) in [6.07, 6.45) is 2.30. The van der Waals surface area contributed by atoms with Gasteiger partial charge in [0.1, 0.15) is 5.76 Å². The summed E-state index contributed by atoms with van der Waals surface area (Å²) in [6, 6.07) is 11.0. The van der Waals surface area contributed by atoms with Gasteiger partial charge in [-0.1, -0.05) is 37.6 Å². The Balaban J connectivity index is 1.87. The van der Waals surface area contributed by atoms with E-state index in [4.69, 9.17) is 16.0 Å². The Hall–Kier alpha value is -1.94. The van der Waals surface area contributed by atoms with Gasteiger partial charge in [0.2, 0.25) is 0 Å². The maximum atomic E-state index is 12.0. The minimum absolute atomic E-state index is 0.0547. The molecular formula is C17H21ClN2O2. The summed E-state index contributed by atoms with van der Waals surface area (Å²) in [5.74, 6) is 1.13. The fourth-order valence-corrected chi connectivity index (χ4v) is 2.38. The van der Waals surface area contributed by atoms with Crippen LogP contribution < -0.4 is 10.6 Å². The molecule has 0 bridgehead atoms. The third-order valence-electron chi connectivity index (χ3n) is 3.42. The van der Waals surface area contributed by atoms with E-state index in [2.05, 4.69) is 24.5 Å². The molecule has 2 N–H and O–H groups in total. The lowest BCUT2D eigenvalue weighted by atomic mass is 9.96. The topological polar surface area (TPSA) is 54.3 Å². The molecule has 1 heterocycles. The summed E-state index contributed by atoms with van der Waals surface area (Å²) in [5, 5.41) is 6.55. The predicted molar refractivity (Wildman–Crippen MR) is 88.0 cm³/mol. The number of benzene rings is 1. The van der Waals surface area contributed by atoms with E-state index in [9.17, 15) is 4.79 Å². The molecule has 22 heavy (non-hydrogen) atoms. The van der Waals surface area contributed by atoms with Gasteiger partial charge in [-0.2, -0.15) is 0 Å². The van der Waals surface area contributed by atoms with Crippen molar-refractivity contribution in [1.82, 2.24) is 10.6 Å². The fourth-order valence-electron chi connectivity index (χ4n) is 2.25. The van der Waals surface area contributed by atoms with Gasteiger partial charge in [-0.15, -0.1) is 0 Å². The minimum Gasteiger partial charge on any atom is -0.469 e. The largest absolute Gasteiger partial charge is 0.469 e. The zero-order valence-corrected chi connectivity index (χ0v) is 13.6. The van der Waals surface area contributed by atoms with Crippen LogP contribution >= 0.6 is 11.6 Å². The first-order chi connectivity index (χ1) is 10.6. The van der Waals surface area contributed by atoms with Crippen molar-refractivity contribution in [1.29, 1.82) is 0 Å². The number of hydrogen-bond donors (Lipinski definition) is 2. The maximum absolute atomic E-state index is 12.0. The maximum Gasteiger partial charge on any atom is 0.315 e. The van der Waals surface area contributed by atoms with Gasteiger partial charge < -0.3 is 15.1 Å². The molecule has 0 saturated heterocycles. The minimum atomic E-state index is -0.180. The molecule has 5 heteroatoms. The summed E-state index contributed by atoms with van der Waals surface area (Å²) in [7, 11) is 0. The zero-order chi connectivity index (χ0) is 15.9. The number of carbonyl (C=O) groups excluding carboxylic acids is 1. The van der Waals surface area contributed by atoms with Crippen LogP contribution in [0, 0.1) is 5.92 Å². The van der Waals surface area contributed by atoms with Crippen LogP contribution in [0.15, 0.2) is 47.1 Å². The van der Waals surface area contributed by atoms with Crippen molar-refractivity contribution in [2.24, 2.45) is 5.92 Å². The van der Waals surface area contributed by atoms with Crippen LogP contribution in [-0.2, 0) is 6.42 Å². The average Bonchev–Trinajstić information content (AvgIpc) is 2.99. The van der Waals surface area contributed by atoms with Gasteiger partial charge in [0.25, 0.3) is 0 Å². The molecular weight excluding hydrogens is 300 g/mol. The zero-order valence-electron chi connectivity index (χ0n) is 12.8. The van der Waals surface area contributed by atoms with Gasteiger partial charge in [-0.05, 0) is 35.7 Å². The highest BCUT2D eigenvalue weighted by Gasteiger charge is 2.18. The molecule has 0 unspecified atom stereocenters. The first kappa shape index (κ1) is 16.4.